The van der Waals surface area contributed by atoms with Gasteiger partial charge in [-0.25, -0.2) is 0 Å². The molecule has 2 aromatic carbocycles. The number of nitrogens with one attached hydrogen (secondary N) is 2. The van der Waals surface area contributed by atoms with E-state index in [0.717, 1.165) is 71.2 Å². The highest BCUT2D eigenvalue weighted by Gasteiger charge is 2.44. The monoisotopic (exact) mass is 606 g/mol. The van der Waals surface area contributed by atoms with Crippen LogP contribution in [0.1, 0.15) is 25.1 Å². The van der Waals surface area contributed by atoms with Gasteiger partial charge < -0.3 is 35.4 Å². The minimum absolute atomic E-state index is 0.146. The van der Waals surface area contributed by atoms with E-state index in [2.05, 4.69) is 51.9 Å². The Kier molecular flexibility index (Phi) is 10.1. The van der Waals surface area contributed by atoms with Gasteiger partial charge in [0.25, 0.3) is 5.91 Å². The second-order valence-corrected chi connectivity index (χ2v) is 12.0. The molecule has 0 aliphatic carbocycles. The Morgan fingerprint density at radius 3 is 2.56 bits per heavy atom. The normalized spacial score (nSPS) is 25.2. The Bertz CT molecular complexity index is 1510. The molecule has 11 heteroatoms. The first-order chi connectivity index (χ1) is 20.8. The maximum absolute atomic E-state index is 13.0. The molecule has 2 fully saturated rings. The van der Waals surface area contributed by atoms with Crippen molar-refractivity contribution < 1.29 is 29.6 Å². The molecule has 1 aromatic heterocycles. The van der Waals surface area contributed by atoms with E-state index in [4.69, 9.17) is 9.47 Å². The first-order valence-corrected chi connectivity index (χ1v) is 15.4. The first kappa shape index (κ1) is 31.1. The SMILES string of the molecule is CC[C@H]1OC(O)[C@H](NC(=O)/C(C#N)=C(\C)c2ccc(-c3ccc4cc(NCCN5CCOCC5)ccc4c3)s2)[C@@H](O)[C@@H]1O. The zero-order valence-electron chi connectivity index (χ0n) is 24.3. The molecule has 1 unspecified atom stereocenters. The number of anilines is 1. The Labute approximate surface area is 255 Å². The molecule has 2 aliphatic heterocycles. The number of rotatable bonds is 9. The van der Waals surface area contributed by atoms with Crippen molar-refractivity contribution in [3.63, 3.8) is 0 Å². The summed E-state index contributed by atoms with van der Waals surface area (Å²) in [6.45, 7) is 8.83. The fourth-order valence-corrected chi connectivity index (χ4v) is 6.49. The van der Waals surface area contributed by atoms with Gasteiger partial charge in [0.2, 0.25) is 0 Å². The van der Waals surface area contributed by atoms with E-state index in [1.54, 1.807) is 13.8 Å². The smallest absolute Gasteiger partial charge is 0.262 e. The standard InChI is InChI=1S/C32H38N4O6S/c1-3-25-29(37)30(38)28(32(40)42-25)35-31(39)24(18-33)19(2)26-8-9-27(43-26)22-5-4-21-17-23(7-6-20(21)16-22)34-10-11-36-12-14-41-15-13-36/h4-9,16-17,25,28-30,32,34,37-38,40H,3,10-15H2,1-2H3,(H,35,39)/b24-19+/t25-,28-,29-,30-,32?/m1/s1. The molecule has 43 heavy (non-hydrogen) atoms. The molecule has 5 N–H and O–H groups in total. The lowest BCUT2D eigenvalue weighted by molar-refractivity contribution is -0.247. The van der Waals surface area contributed by atoms with Crippen LogP contribution in [0.4, 0.5) is 5.69 Å². The number of benzene rings is 2. The molecule has 5 atom stereocenters. The highest BCUT2D eigenvalue weighted by Crippen LogP contribution is 2.35. The van der Waals surface area contributed by atoms with Gasteiger partial charge in [-0.05, 0) is 65.6 Å². The summed E-state index contributed by atoms with van der Waals surface area (Å²) in [5, 5.41) is 49.1. The minimum atomic E-state index is -1.52. The molecule has 1 amide bonds. The number of morpholine rings is 1. The summed E-state index contributed by atoms with van der Waals surface area (Å²) in [7, 11) is 0. The number of fused-ring (bicyclic) bond motifs is 1. The van der Waals surface area contributed by atoms with Crippen molar-refractivity contribution in [2.24, 2.45) is 0 Å². The summed E-state index contributed by atoms with van der Waals surface area (Å²) in [5.41, 5.74) is 2.43. The highest BCUT2D eigenvalue weighted by atomic mass is 32.1. The van der Waals surface area contributed by atoms with E-state index in [1.165, 1.54) is 11.3 Å². The van der Waals surface area contributed by atoms with Crippen molar-refractivity contribution in [2.45, 2.75) is 50.9 Å². The number of ether oxygens (including phenoxy) is 2. The van der Waals surface area contributed by atoms with Gasteiger partial charge in [-0.3, -0.25) is 9.69 Å². The number of allylic oxidation sites excluding steroid dienone is 1. The molecule has 2 aliphatic rings. The van der Waals surface area contributed by atoms with Crippen LogP contribution in [-0.2, 0) is 14.3 Å². The summed E-state index contributed by atoms with van der Waals surface area (Å²) in [6, 6.07) is 17.1. The van der Waals surface area contributed by atoms with Crippen LogP contribution < -0.4 is 10.6 Å². The molecule has 228 valence electrons. The number of aliphatic hydroxyl groups is 3. The second-order valence-electron chi connectivity index (χ2n) is 10.9. The van der Waals surface area contributed by atoms with Crippen LogP contribution in [0.2, 0.25) is 0 Å². The molecule has 2 saturated heterocycles. The molecule has 5 rings (SSSR count). The molecule has 3 heterocycles. The molecule has 3 aromatic rings. The van der Waals surface area contributed by atoms with Crippen LogP contribution in [0.3, 0.4) is 0 Å². The minimum Gasteiger partial charge on any atom is -0.388 e. The average molecular weight is 607 g/mol. The van der Waals surface area contributed by atoms with Crippen molar-refractivity contribution in [2.75, 3.05) is 44.7 Å². The van der Waals surface area contributed by atoms with Gasteiger partial charge in [-0.2, -0.15) is 5.26 Å². The number of hydrogen-bond acceptors (Lipinski definition) is 10. The van der Waals surface area contributed by atoms with Crippen LogP contribution in [0.25, 0.3) is 26.8 Å². The maximum atomic E-state index is 13.0. The molecule has 10 nitrogen and oxygen atoms in total. The number of carbonyl (C=O) groups excluding carboxylic acids is 1. The van der Waals surface area contributed by atoms with Crippen molar-refractivity contribution >= 4 is 39.3 Å². The number of amides is 1. The summed E-state index contributed by atoms with van der Waals surface area (Å²) >= 11 is 1.46. The predicted octanol–water partition coefficient (Wildman–Crippen LogP) is 2.94. The third-order valence-corrected chi connectivity index (χ3v) is 9.35. The maximum Gasteiger partial charge on any atom is 0.262 e. The number of nitrogens with zero attached hydrogens (tertiary/aromatic N) is 2. The Hall–Kier alpha value is -3.34. The third kappa shape index (κ3) is 7.08. The molecular formula is C32H38N4O6S. The lowest BCUT2D eigenvalue weighted by Gasteiger charge is -2.40. The largest absolute Gasteiger partial charge is 0.388 e. The van der Waals surface area contributed by atoms with Crippen LogP contribution in [0, 0.1) is 11.3 Å². The summed E-state index contributed by atoms with van der Waals surface area (Å²) in [4.78, 5) is 17.2. The number of carbonyl (C=O) groups is 1. The van der Waals surface area contributed by atoms with E-state index in [1.807, 2.05) is 18.2 Å². The first-order valence-electron chi connectivity index (χ1n) is 14.6. The van der Waals surface area contributed by atoms with E-state index < -0.39 is 36.6 Å². The topological polar surface area (TPSA) is 147 Å². The van der Waals surface area contributed by atoms with E-state index in [0.29, 0.717) is 12.0 Å². The van der Waals surface area contributed by atoms with Crippen molar-refractivity contribution in [3.8, 4) is 16.5 Å². The van der Waals surface area contributed by atoms with Crippen molar-refractivity contribution in [1.82, 2.24) is 10.2 Å². The zero-order chi connectivity index (χ0) is 30.5. The molecule has 0 saturated carbocycles. The van der Waals surface area contributed by atoms with Crippen LogP contribution in [-0.4, -0.2) is 96.2 Å². The quantitative estimate of drug-likeness (QED) is 0.183. The Balaban J connectivity index is 1.26. The molecule has 0 radical (unpaired) electrons. The summed E-state index contributed by atoms with van der Waals surface area (Å²) < 4.78 is 10.8. The fraction of sp³-hybridized carbons (Fsp3) is 0.438. The zero-order valence-corrected chi connectivity index (χ0v) is 25.1. The molecule has 0 bridgehead atoms. The lowest BCUT2D eigenvalue weighted by Crippen LogP contribution is -2.63. The van der Waals surface area contributed by atoms with E-state index in [-0.39, 0.29) is 5.57 Å². The molecular weight excluding hydrogens is 568 g/mol. The third-order valence-electron chi connectivity index (χ3n) is 8.10. The van der Waals surface area contributed by atoms with Crippen LogP contribution >= 0.6 is 11.3 Å². The Morgan fingerprint density at radius 1 is 1.07 bits per heavy atom. The van der Waals surface area contributed by atoms with Gasteiger partial charge in [0.05, 0.1) is 19.3 Å². The van der Waals surface area contributed by atoms with Gasteiger partial charge in [-0.1, -0.05) is 25.1 Å². The summed E-state index contributed by atoms with van der Waals surface area (Å²) in [6.07, 6.45) is -4.62. The molecule has 0 spiro atoms. The van der Waals surface area contributed by atoms with Crippen LogP contribution in [0.5, 0.6) is 0 Å². The average Bonchev–Trinajstić information content (AvgIpc) is 3.52. The fourth-order valence-electron chi connectivity index (χ4n) is 5.48. The van der Waals surface area contributed by atoms with E-state index in [9.17, 15) is 25.4 Å². The van der Waals surface area contributed by atoms with Crippen molar-refractivity contribution in [3.05, 3.63) is 59.0 Å². The Morgan fingerprint density at radius 2 is 1.81 bits per heavy atom. The second kappa shape index (κ2) is 14.0. The van der Waals surface area contributed by atoms with Crippen molar-refractivity contribution in [1.29, 1.82) is 5.26 Å². The van der Waals surface area contributed by atoms with Gasteiger partial charge in [0.1, 0.15) is 29.9 Å². The van der Waals surface area contributed by atoms with E-state index >= 15 is 0 Å². The van der Waals surface area contributed by atoms with Gasteiger partial charge >= 0.3 is 0 Å². The van der Waals surface area contributed by atoms with Gasteiger partial charge in [0.15, 0.2) is 6.29 Å². The number of thiophene rings is 1. The summed E-state index contributed by atoms with van der Waals surface area (Å²) in [5.74, 6) is -0.760. The lowest BCUT2D eigenvalue weighted by atomic mass is 9.95. The predicted molar refractivity (Wildman–Crippen MR) is 166 cm³/mol. The van der Waals surface area contributed by atoms with Gasteiger partial charge in [-0.15, -0.1) is 11.3 Å². The number of hydrogen-bond donors (Lipinski definition) is 5. The van der Waals surface area contributed by atoms with Crippen LogP contribution in [0.15, 0.2) is 54.1 Å². The highest BCUT2D eigenvalue weighted by molar-refractivity contribution is 7.16. The van der Waals surface area contributed by atoms with Gasteiger partial charge in [0, 0.05) is 41.6 Å². The number of nitriles is 1. The number of aliphatic hydroxyl groups excluding tert-OH is 3.